The lowest BCUT2D eigenvalue weighted by Gasteiger charge is -2.54. The Morgan fingerprint density at radius 1 is 0.968 bits per heavy atom. The molecule has 0 N–H and O–H groups in total. The molecule has 5 heteroatoms. The normalized spacial score (nSPS) is 33.2. The number of nitrogens with zero attached hydrogens (tertiary/aromatic N) is 3. The van der Waals surface area contributed by atoms with Crippen LogP contribution in [-0.2, 0) is 15.0 Å². The van der Waals surface area contributed by atoms with E-state index in [0.717, 1.165) is 71.2 Å². The lowest BCUT2D eigenvalue weighted by molar-refractivity contribution is -0.146. The van der Waals surface area contributed by atoms with E-state index in [1.54, 1.807) is 0 Å². The van der Waals surface area contributed by atoms with E-state index >= 15 is 0 Å². The van der Waals surface area contributed by atoms with Crippen molar-refractivity contribution < 1.29 is 9.59 Å². The summed E-state index contributed by atoms with van der Waals surface area (Å²) in [6.45, 7) is 5.07. The summed E-state index contributed by atoms with van der Waals surface area (Å²) in [5, 5.41) is 0. The fourth-order valence-electron chi connectivity index (χ4n) is 7.19. The number of hydrogen-bond donors (Lipinski definition) is 0. The standard InChI is InChI=1S/C26H35N3O2/c30-24-8-4-7-23-20-15-19(17-29(23)24)16-28(18-20)22-9-13-27(14-10-22)25(31)26(11-12-26)21-5-2-1-3-6-21/h1-3,5-6,19-20,22-23H,4,7-18H2/t19?,20?,23-/m1/s1. The average Bonchev–Trinajstić information content (AvgIpc) is 3.62. The van der Waals surface area contributed by atoms with Crippen molar-refractivity contribution in [1.29, 1.82) is 0 Å². The van der Waals surface area contributed by atoms with Crippen molar-refractivity contribution in [3.63, 3.8) is 0 Å². The molecule has 4 heterocycles. The molecule has 0 aromatic heterocycles. The summed E-state index contributed by atoms with van der Waals surface area (Å²) in [7, 11) is 0. The maximum absolute atomic E-state index is 13.4. The van der Waals surface area contributed by atoms with Crippen LogP contribution >= 0.6 is 0 Å². The first-order valence-electron chi connectivity index (χ1n) is 12.5. The number of carbonyl (C=O) groups excluding carboxylic acids is 2. The van der Waals surface area contributed by atoms with Crippen molar-refractivity contribution in [2.75, 3.05) is 32.7 Å². The minimum Gasteiger partial charge on any atom is -0.342 e. The molecule has 2 amide bonds. The van der Waals surface area contributed by atoms with Crippen molar-refractivity contribution in [3.8, 4) is 0 Å². The molecule has 1 aromatic carbocycles. The van der Waals surface area contributed by atoms with Crippen LogP contribution in [0.25, 0.3) is 0 Å². The molecular weight excluding hydrogens is 386 g/mol. The summed E-state index contributed by atoms with van der Waals surface area (Å²) < 4.78 is 0. The molecule has 2 unspecified atom stereocenters. The van der Waals surface area contributed by atoms with Crippen molar-refractivity contribution in [2.24, 2.45) is 11.8 Å². The second-order valence-electron chi connectivity index (χ2n) is 10.8. The highest BCUT2D eigenvalue weighted by Gasteiger charge is 2.53. The predicted molar refractivity (Wildman–Crippen MR) is 119 cm³/mol. The highest BCUT2D eigenvalue weighted by molar-refractivity contribution is 5.91. The Balaban J connectivity index is 1.08. The lowest BCUT2D eigenvalue weighted by atomic mass is 9.75. The molecule has 5 fully saturated rings. The number of fused-ring (bicyclic) bond motifs is 4. The molecule has 2 bridgehead atoms. The molecule has 0 spiro atoms. The second kappa shape index (κ2) is 7.61. The quantitative estimate of drug-likeness (QED) is 0.754. The van der Waals surface area contributed by atoms with Crippen LogP contribution in [0.4, 0.5) is 0 Å². The molecule has 1 aliphatic carbocycles. The Hall–Kier alpha value is -1.88. The molecule has 4 saturated heterocycles. The third-order valence-corrected chi connectivity index (χ3v) is 8.96. The molecule has 5 nitrogen and oxygen atoms in total. The van der Waals surface area contributed by atoms with Gasteiger partial charge in [0, 0.05) is 51.2 Å². The molecule has 1 aromatic rings. The molecule has 31 heavy (non-hydrogen) atoms. The van der Waals surface area contributed by atoms with Crippen LogP contribution in [0.2, 0.25) is 0 Å². The van der Waals surface area contributed by atoms with Crippen LogP contribution in [0.5, 0.6) is 0 Å². The molecular formula is C26H35N3O2. The van der Waals surface area contributed by atoms with Crippen LogP contribution in [0.3, 0.4) is 0 Å². The van der Waals surface area contributed by atoms with Gasteiger partial charge in [0.15, 0.2) is 0 Å². The van der Waals surface area contributed by atoms with E-state index in [1.807, 2.05) is 6.07 Å². The number of likely N-dealkylation sites (tertiary alicyclic amines) is 2. The van der Waals surface area contributed by atoms with Crippen molar-refractivity contribution >= 4 is 11.8 Å². The van der Waals surface area contributed by atoms with Crippen LogP contribution in [-0.4, -0.2) is 71.3 Å². The summed E-state index contributed by atoms with van der Waals surface area (Å²) in [5.41, 5.74) is 0.977. The number of carbonyl (C=O) groups is 2. The van der Waals surface area contributed by atoms with Crippen LogP contribution < -0.4 is 0 Å². The zero-order valence-electron chi connectivity index (χ0n) is 18.5. The van der Waals surface area contributed by atoms with Gasteiger partial charge in [-0.05, 0) is 62.3 Å². The van der Waals surface area contributed by atoms with E-state index in [4.69, 9.17) is 0 Å². The highest BCUT2D eigenvalue weighted by Crippen LogP contribution is 2.50. The third-order valence-electron chi connectivity index (χ3n) is 8.96. The summed E-state index contributed by atoms with van der Waals surface area (Å²) in [6.07, 6.45) is 8.55. The van der Waals surface area contributed by atoms with Crippen molar-refractivity contribution in [3.05, 3.63) is 35.9 Å². The van der Waals surface area contributed by atoms with Gasteiger partial charge in [0.05, 0.1) is 5.41 Å². The predicted octanol–water partition coefficient (Wildman–Crippen LogP) is 3.04. The van der Waals surface area contributed by atoms with E-state index in [2.05, 4.69) is 39.0 Å². The van der Waals surface area contributed by atoms with Gasteiger partial charge in [-0.1, -0.05) is 30.3 Å². The Morgan fingerprint density at radius 2 is 1.74 bits per heavy atom. The van der Waals surface area contributed by atoms with Gasteiger partial charge < -0.3 is 9.80 Å². The number of benzene rings is 1. The van der Waals surface area contributed by atoms with Crippen LogP contribution in [0, 0.1) is 11.8 Å². The first kappa shape index (κ1) is 19.8. The minimum atomic E-state index is -0.229. The Kier molecular flexibility index (Phi) is 4.86. The van der Waals surface area contributed by atoms with Crippen LogP contribution in [0.1, 0.15) is 56.9 Å². The average molecular weight is 422 g/mol. The molecule has 166 valence electrons. The summed E-state index contributed by atoms with van der Waals surface area (Å²) >= 11 is 0. The number of hydrogen-bond acceptors (Lipinski definition) is 3. The first-order chi connectivity index (χ1) is 15.1. The van der Waals surface area contributed by atoms with E-state index < -0.39 is 0 Å². The lowest BCUT2D eigenvalue weighted by Crippen LogP contribution is -2.62. The number of piperidine rings is 4. The zero-order chi connectivity index (χ0) is 21.0. The van der Waals surface area contributed by atoms with Gasteiger partial charge in [-0.2, -0.15) is 0 Å². The monoisotopic (exact) mass is 421 g/mol. The van der Waals surface area contributed by atoms with Gasteiger partial charge in [0.25, 0.3) is 0 Å². The third kappa shape index (κ3) is 3.40. The maximum Gasteiger partial charge on any atom is 0.233 e. The number of amides is 2. The van der Waals surface area contributed by atoms with Crippen LogP contribution in [0.15, 0.2) is 30.3 Å². The summed E-state index contributed by atoms with van der Waals surface area (Å²) in [5.74, 6) is 2.07. The van der Waals surface area contributed by atoms with Crippen molar-refractivity contribution in [2.45, 2.75) is 68.9 Å². The van der Waals surface area contributed by atoms with E-state index in [0.29, 0.717) is 35.7 Å². The van der Waals surface area contributed by atoms with Gasteiger partial charge in [0.2, 0.25) is 11.8 Å². The maximum atomic E-state index is 13.4. The van der Waals surface area contributed by atoms with Crippen molar-refractivity contribution in [1.82, 2.24) is 14.7 Å². The Morgan fingerprint density at radius 3 is 2.48 bits per heavy atom. The van der Waals surface area contributed by atoms with E-state index in [1.165, 1.54) is 18.4 Å². The zero-order valence-corrected chi connectivity index (χ0v) is 18.5. The molecule has 6 rings (SSSR count). The highest BCUT2D eigenvalue weighted by atomic mass is 16.2. The van der Waals surface area contributed by atoms with E-state index in [9.17, 15) is 9.59 Å². The molecule has 3 atom stereocenters. The second-order valence-corrected chi connectivity index (χ2v) is 10.8. The fourth-order valence-corrected chi connectivity index (χ4v) is 7.19. The SMILES string of the molecule is O=C1CCC[C@@H]2C3CC(CN(C4CCN(C(=O)C5(c6ccccc6)CC5)CC4)C3)CN12. The molecule has 5 aliphatic rings. The molecule has 4 aliphatic heterocycles. The van der Waals surface area contributed by atoms with Gasteiger partial charge in [-0.15, -0.1) is 0 Å². The number of rotatable bonds is 3. The first-order valence-corrected chi connectivity index (χ1v) is 12.5. The molecule has 0 radical (unpaired) electrons. The summed E-state index contributed by atoms with van der Waals surface area (Å²) in [6, 6.07) is 11.5. The van der Waals surface area contributed by atoms with Gasteiger partial charge in [-0.3, -0.25) is 14.5 Å². The Bertz CT molecular complexity index is 843. The fraction of sp³-hybridized carbons (Fsp3) is 0.692. The van der Waals surface area contributed by atoms with E-state index in [-0.39, 0.29) is 5.41 Å². The topological polar surface area (TPSA) is 43.9 Å². The minimum absolute atomic E-state index is 0.229. The molecule has 1 saturated carbocycles. The van der Waals surface area contributed by atoms with Gasteiger partial charge in [-0.25, -0.2) is 0 Å². The Labute approximate surface area is 185 Å². The smallest absolute Gasteiger partial charge is 0.233 e. The summed E-state index contributed by atoms with van der Waals surface area (Å²) in [4.78, 5) is 32.9. The van der Waals surface area contributed by atoms with Gasteiger partial charge in [0.1, 0.15) is 0 Å². The largest absolute Gasteiger partial charge is 0.342 e. The van der Waals surface area contributed by atoms with Gasteiger partial charge >= 0.3 is 0 Å².